The zero-order chi connectivity index (χ0) is 25.3. The summed E-state index contributed by atoms with van der Waals surface area (Å²) >= 11 is 1.57. The fourth-order valence-corrected chi connectivity index (χ4v) is 4.98. The van der Waals surface area contributed by atoms with Crippen LogP contribution in [0.5, 0.6) is 11.5 Å². The Labute approximate surface area is 207 Å². The minimum Gasteiger partial charge on any atom is -0.486 e. The highest BCUT2D eigenvalue weighted by atomic mass is 32.1. The molecule has 0 spiro atoms. The van der Waals surface area contributed by atoms with Gasteiger partial charge in [0.2, 0.25) is 0 Å². The van der Waals surface area contributed by atoms with Crippen LogP contribution >= 0.6 is 11.3 Å². The number of hydrogen-bond acceptors (Lipinski definition) is 5. The van der Waals surface area contributed by atoms with E-state index in [9.17, 15) is 22.0 Å². The van der Waals surface area contributed by atoms with Gasteiger partial charge in [-0.25, -0.2) is 4.98 Å². The largest absolute Gasteiger partial charge is 0.499 e. The van der Waals surface area contributed by atoms with Crippen molar-refractivity contribution in [3.8, 4) is 22.6 Å². The lowest BCUT2D eigenvalue weighted by Crippen LogP contribution is -2.42. The van der Waals surface area contributed by atoms with E-state index in [-0.39, 0.29) is 11.9 Å². The van der Waals surface area contributed by atoms with E-state index in [0.717, 1.165) is 33.1 Å². The summed E-state index contributed by atoms with van der Waals surface area (Å²) in [5.41, 5.74) is 5.88. The normalized spacial score (nSPS) is 15.3. The van der Waals surface area contributed by atoms with Crippen molar-refractivity contribution >= 4 is 27.2 Å². The number of rotatable bonds is 6. The third kappa shape index (κ3) is 4.82. The van der Waals surface area contributed by atoms with E-state index < -0.39 is 18.0 Å². The molecule has 1 aliphatic rings. The van der Waals surface area contributed by atoms with Crippen molar-refractivity contribution in [3.05, 3.63) is 72.2 Å². The van der Waals surface area contributed by atoms with Crippen molar-refractivity contribution in [2.45, 2.75) is 31.2 Å². The quantitative estimate of drug-likeness (QED) is 0.246. The fraction of sp³-hybridized carbons (Fsp3) is 0.269. The van der Waals surface area contributed by atoms with Crippen LogP contribution in [-0.2, 0) is 0 Å². The van der Waals surface area contributed by atoms with Gasteiger partial charge in [0, 0.05) is 37.2 Å². The Kier molecular flexibility index (Phi) is 6.46. The maximum atomic E-state index is 13.5. The van der Waals surface area contributed by atoms with Crippen molar-refractivity contribution in [1.82, 2.24) is 4.98 Å². The zero-order valence-electron chi connectivity index (χ0n) is 18.8. The zero-order valence-corrected chi connectivity index (χ0v) is 19.7. The number of fused-ring (bicyclic) bond motifs is 1. The van der Waals surface area contributed by atoms with E-state index in [0.29, 0.717) is 25.9 Å². The first-order valence-corrected chi connectivity index (χ1v) is 12.2. The van der Waals surface area contributed by atoms with Gasteiger partial charge in [-0.3, -0.25) is 0 Å². The Morgan fingerprint density at radius 3 is 2.19 bits per heavy atom. The lowest BCUT2D eigenvalue weighted by molar-refractivity contribution is -0.360. The van der Waals surface area contributed by atoms with Crippen LogP contribution in [0.15, 0.2) is 72.2 Å². The highest BCUT2D eigenvalue weighted by Crippen LogP contribution is 2.42. The lowest BCUT2D eigenvalue weighted by atomic mass is 9.99. The molecule has 0 unspecified atom stereocenters. The van der Waals surface area contributed by atoms with Crippen LogP contribution in [0.3, 0.4) is 0 Å². The van der Waals surface area contributed by atoms with Crippen LogP contribution in [0.2, 0.25) is 0 Å². The predicted octanol–water partition coefficient (Wildman–Crippen LogP) is 7.55. The molecule has 5 rings (SSSR count). The summed E-state index contributed by atoms with van der Waals surface area (Å²) < 4.78 is 75.7. The fourth-order valence-electron chi connectivity index (χ4n) is 4.30. The molecule has 1 fully saturated rings. The number of anilines is 1. The number of para-hydroxylation sites is 2. The number of piperidine rings is 1. The summed E-state index contributed by atoms with van der Waals surface area (Å²) in [6, 6.07) is 19.3. The van der Waals surface area contributed by atoms with Gasteiger partial charge in [-0.2, -0.15) is 22.0 Å². The van der Waals surface area contributed by atoms with Crippen molar-refractivity contribution in [2.24, 2.45) is 0 Å². The lowest BCUT2D eigenvalue weighted by Gasteiger charge is -2.35. The van der Waals surface area contributed by atoms with Crippen LogP contribution in [0.25, 0.3) is 21.3 Å². The SMILES string of the molecule is FC(F)(F)C(F)(F)Oc1ccccc1OC1CCN(c2ccc3scnc3c2-c2ccccc2)CC1. The van der Waals surface area contributed by atoms with Gasteiger partial charge < -0.3 is 14.4 Å². The van der Waals surface area contributed by atoms with Gasteiger partial charge in [0.15, 0.2) is 11.5 Å². The number of hydrogen-bond donors (Lipinski definition) is 0. The standard InChI is InChI=1S/C26H21F5N2O2S/c27-25(28,29)26(30,31)35-21-9-5-4-8-20(21)34-18-12-14-33(15-13-18)19-10-11-22-24(32-16-36-22)23(19)17-6-2-1-3-7-17/h1-11,16,18H,12-15H2. The third-order valence-electron chi connectivity index (χ3n) is 6.04. The minimum atomic E-state index is -5.83. The van der Waals surface area contributed by atoms with E-state index in [2.05, 4.69) is 20.7 Å². The molecule has 0 radical (unpaired) electrons. The molecule has 188 valence electrons. The molecule has 2 heterocycles. The van der Waals surface area contributed by atoms with Gasteiger partial charge in [-0.1, -0.05) is 42.5 Å². The van der Waals surface area contributed by atoms with Crippen LogP contribution in [0.4, 0.5) is 27.6 Å². The van der Waals surface area contributed by atoms with Gasteiger partial charge in [-0.05, 0) is 29.8 Å². The number of benzene rings is 3. The van der Waals surface area contributed by atoms with E-state index in [1.807, 2.05) is 41.9 Å². The first-order chi connectivity index (χ1) is 17.2. The molecule has 0 amide bonds. The smallest absolute Gasteiger partial charge is 0.486 e. The Morgan fingerprint density at radius 2 is 1.50 bits per heavy atom. The van der Waals surface area contributed by atoms with Crippen molar-refractivity contribution < 1.29 is 31.4 Å². The first-order valence-electron chi connectivity index (χ1n) is 11.3. The van der Waals surface area contributed by atoms with Gasteiger partial charge in [0.25, 0.3) is 0 Å². The average Bonchev–Trinajstić information content (AvgIpc) is 3.34. The molecule has 0 N–H and O–H groups in total. The van der Waals surface area contributed by atoms with Crippen molar-refractivity contribution in [2.75, 3.05) is 18.0 Å². The second-order valence-electron chi connectivity index (χ2n) is 8.39. The number of nitrogens with zero attached hydrogens (tertiary/aromatic N) is 2. The summed E-state index contributed by atoms with van der Waals surface area (Å²) in [5.74, 6) is -0.795. The van der Waals surface area contributed by atoms with Gasteiger partial charge >= 0.3 is 12.3 Å². The summed E-state index contributed by atoms with van der Waals surface area (Å²) in [4.78, 5) is 6.81. The Balaban J connectivity index is 1.33. The summed E-state index contributed by atoms with van der Waals surface area (Å²) in [6.45, 7) is 1.23. The van der Waals surface area contributed by atoms with E-state index in [1.165, 1.54) is 18.2 Å². The molecule has 1 saturated heterocycles. The molecule has 0 saturated carbocycles. The molecule has 1 aromatic heterocycles. The highest BCUT2D eigenvalue weighted by Gasteiger charge is 2.61. The van der Waals surface area contributed by atoms with Gasteiger partial charge in [-0.15, -0.1) is 11.3 Å². The van der Waals surface area contributed by atoms with Crippen LogP contribution < -0.4 is 14.4 Å². The predicted molar refractivity (Wildman–Crippen MR) is 129 cm³/mol. The van der Waals surface area contributed by atoms with Gasteiger partial charge in [0.1, 0.15) is 6.10 Å². The number of aromatic nitrogens is 1. The Hall–Kier alpha value is -3.40. The molecule has 0 atom stereocenters. The maximum absolute atomic E-state index is 13.5. The summed E-state index contributed by atoms with van der Waals surface area (Å²) in [5, 5.41) is 0. The molecular formula is C26H21F5N2O2S. The van der Waals surface area contributed by atoms with Crippen LogP contribution in [0, 0.1) is 0 Å². The molecule has 4 nitrogen and oxygen atoms in total. The molecule has 3 aromatic carbocycles. The third-order valence-corrected chi connectivity index (χ3v) is 6.83. The second kappa shape index (κ2) is 9.57. The Morgan fingerprint density at radius 1 is 0.833 bits per heavy atom. The average molecular weight is 521 g/mol. The molecule has 1 aliphatic heterocycles. The molecule has 36 heavy (non-hydrogen) atoms. The van der Waals surface area contributed by atoms with Crippen LogP contribution in [0.1, 0.15) is 12.8 Å². The second-order valence-corrected chi connectivity index (χ2v) is 9.28. The first kappa shape index (κ1) is 24.3. The topological polar surface area (TPSA) is 34.6 Å². The monoisotopic (exact) mass is 520 g/mol. The number of ether oxygens (including phenoxy) is 2. The molecule has 10 heteroatoms. The molecule has 4 aromatic rings. The van der Waals surface area contributed by atoms with E-state index in [4.69, 9.17) is 4.74 Å². The summed E-state index contributed by atoms with van der Waals surface area (Å²) in [7, 11) is 0. The van der Waals surface area contributed by atoms with E-state index in [1.54, 1.807) is 11.3 Å². The number of alkyl halides is 5. The molecule has 0 aliphatic carbocycles. The number of halogens is 5. The maximum Gasteiger partial charge on any atom is 0.499 e. The molecule has 0 bridgehead atoms. The van der Waals surface area contributed by atoms with E-state index >= 15 is 0 Å². The van der Waals surface area contributed by atoms with Crippen molar-refractivity contribution in [3.63, 3.8) is 0 Å². The highest BCUT2D eigenvalue weighted by molar-refractivity contribution is 7.16. The van der Waals surface area contributed by atoms with Crippen molar-refractivity contribution in [1.29, 1.82) is 0 Å². The minimum absolute atomic E-state index is 0.145. The summed E-state index contributed by atoms with van der Waals surface area (Å²) in [6.07, 6.45) is -10.4. The number of thiazole rings is 1. The Bertz CT molecular complexity index is 1340. The van der Waals surface area contributed by atoms with Gasteiger partial charge in [0.05, 0.1) is 15.7 Å². The molecular weight excluding hydrogens is 499 g/mol. The van der Waals surface area contributed by atoms with Crippen LogP contribution in [-0.4, -0.2) is 36.5 Å².